The third kappa shape index (κ3) is 6.62. The van der Waals surface area contributed by atoms with Crippen molar-refractivity contribution in [3.05, 3.63) is 58.6 Å². The third-order valence-corrected chi connectivity index (χ3v) is 4.63. The number of benzene rings is 2. The normalized spacial score (nSPS) is 13.7. The maximum atomic E-state index is 13.6. The minimum atomic E-state index is -4.62. The first-order chi connectivity index (χ1) is 14.2. The van der Waals surface area contributed by atoms with Crippen LogP contribution >= 0.6 is 11.6 Å². The van der Waals surface area contributed by atoms with Crippen LogP contribution in [0.3, 0.4) is 0 Å². The summed E-state index contributed by atoms with van der Waals surface area (Å²) in [5, 5.41) is 12.6. The molecule has 0 aliphatic carbocycles. The number of methoxy groups -OCH3 is 1. The summed E-state index contributed by atoms with van der Waals surface area (Å²) >= 11 is 5.88. The Morgan fingerprint density at radius 1 is 1.20 bits per heavy atom. The van der Waals surface area contributed by atoms with E-state index in [1.165, 1.54) is 32.2 Å². The summed E-state index contributed by atoms with van der Waals surface area (Å²) < 4.78 is 51.0. The summed E-state index contributed by atoms with van der Waals surface area (Å²) in [6, 6.07) is 10.8. The maximum Gasteiger partial charge on any atom is 0.418 e. The lowest BCUT2D eigenvalue weighted by Crippen LogP contribution is -2.24. The number of ether oxygens (including phenoxy) is 2. The highest BCUT2D eigenvalue weighted by atomic mass is 35.5. The van der Waals surface area contributed by atoms with Gasteiger partial charge in [0, 0.05) is 41.6 Å². The fraction of sp³-hybridized carbons (Fsp3) is 0.381. The molecule has 0 heterocycles. The van der Waals surface area contributed by atoms with E-state index >= 15 is 0 Å². The Kier molecular flexibility index (Phi) is 8.52. The van der Waals surface area contributed by atoms with E-state index in [4.69, 9.17) is 26.2 Å². The second-order valence-electron chi connectivity index (χ2n) is 6.61. The van der Waals surface area contributed by atoms with Gasteiger partial charge in [0.2, 0.25) is 0 Å². The molecule has 2 atom stereocenters. The van der Waals surface area contributed by atoms with Crippen molar-refractivity contribution in [1.29, 1.82) is 0 Å². The second kappa shape index (κ2) is 10.7. The number of carbonyl (C=O) groups is 1. The molecule has 2 rings (SSSR count). The summed E-state index contributed by atoms with van der Waals surface area (Å²) in [6.45, 7) is 1.47. The van der Waals surface area contributed by atoms with Gasteiger partial charge < -0.3 is 19.9 Å². The van der Waals surface area contributed by atoms with Gasteiger partial charge in [0.1, 0.15) is 0 Å². The number of hydrogen-bond acceptors (Lipinski definition) is 4. The van der Waals surface area contributed by atoms with Crippen LogP contribution in [0.1, 0.15) is 36.5 Å². The molecule has 2 aromatic carbocycles. The van der Waals surface area contributed by atoms with Crippen LogP contribution in [0.5, 0.6) is 0 Å². The molecule has 0 aliphatic rings. The minimum Gasteiger partial charge on any atom is -0.481 e. The van der Waals surface area contributed by atoms with Crippen LogP contribution in [0.2, 0.25) is 5.02 Å². The van der Waals surface area contributed by atoms with Gasteiger partial charge in [0.25, 0.3) is 0 Å². The number of nitrogens with one attached hydrogen (secondary N) is 1. The number of carboxylic acid groups (broad SMARTS) is 1. The van der Waals surface area contributed by atoms with Gasteiger partial charge in [-0.05, 0) is 42.8 Å². The molecule has 2 aromatic rings. The molecule has 5 nitrogen and oxygen atoms in total. The summed E-state index contributed by atoms with van der Waals surface area (Å²) in [6.07, 6.45) is -6.98. The van der Waals surface area contributed by atoms with Gasteiger partial charge in [-0.2, -0.15) is 13.2 Å². The zero-order valence-corrected chi connectivity index (χ0v) is 17.3. The molecule has 164 valence electrons. The summed E-state index contributed by atoms with van der Waals surface area (Å²) in [4.78, 5) is 11.2. The second-order valence-corrected chi connectivity index (χ2v) is 7.04. The van der Waals surface area contributed by atoms with Crippen LogP contribution in [-0.2, 0) is 14.3 Å². The molecule has 30 heavy (non-hydrogen) atoms. The highest BCUT2D eigenvalue weighted by Gasteiger charge is 2.43. The topological polar surface area (TPSA) is 67.8 Å². The lowest BCUT2D eigenvalue weighted by atomic mass is 9.93. The molecule has 9 heteroatoms. The number of alkyl halides is 3. The van der Waals surface area contributed by atoms with Crippen molar-refractivity contribution in [3.8, 4) is 0 Å². The molecule has 0 spiro atoms. The lowest BCUT2D eigenvalue weighted by molar-refractivity contribution is -0.222. The van der Waals surface area contributed by atoms with E-state index in [1.807, 2.05) is 0 Å². The number of hydrogen-bond donors (Lipinski definition) is 2. The van der Waals surface area contributed by atoms with Gasteiger partial charge in [0.05, 0.1) is 13.0 Å². The van der Waals surface area contributed by atoms with Crippen LogP contribution in [0.4, 0.5) is 24.5 Å². The number of rotatable bonds is 10. The molecule has 0 unspecified atom stereocenters. The number of carboxylic acids is 1. The van der Waals surface area contributed by atoms with Crippen molar-refractivity contribution >= 4 is 28.9 Å². The van der Waals surface area contributed by atoms with Gasteiger partial charge in [0.15, 0.2) is 6.10 Å². The van der Waals surface area contributed by atoms with Crippen molar-refractivity contribution in [1.82, 2.24) is 0 Å². The molecule has 0 fully saturated rings. The molecule has 0 aliphatic heterocycles. The van der Waals surface area contributed by atoms with Crippen molar-refractivity contribution in [2.24, 2.45) is 0 Å². The van der Waals surface area contributed by atoms with Gasteiger partial charge in [-0.25, -0.2) is 0 Å². The molecule has 0 saturated carbocycles. The number of halogens is 4. The van der Waals surface area contributed by atoms with Crippen molar-refractivity contribution in [2.45, 2.75) is 31.5 Å². The predicted octanol–water partition coefficient (Wildman–Crippen LogP) is 5.93. The highest BCUT2D eigenvalue weighted by Crippen LogP contribution is 2.41. The molecule has 0 aromatic heterocycles. The molecule has 0 saturated heterocycles. The molecule has 0 amide bonds. The Bertz CT molecular complexity index is 843. The SMILES string of the molecule is CCO[C@H](c1ccc([C@H](COC)CC(=O)O)cc1Nc1ccc(Cl)cc1)C(F)(F)F. The van der Waals surface area contributed by atoms with E-state index in [0.29, 0.717) is 16.3 Å². The fourth-order valence-corrected chi connectivity index (χ4v) is 3.19. The Morgan fingerprint density at radius 3 is 2.40 bits per heavy atom. The lowest BCUT2D eigenvalue weighted by Gasteiger charge is -2.25. The van der Waals surface area contributed by atoms with E-state index in [-0.39, 0.29) is 30.9 Å². The Labute approximate surface area is 177 Å². The molecule has 0 radical (unpaired) electrons. The van der Waals surface area contributed by atoms with Gasteiger partial charge in [-0.3, -0.25) is 4.79 Å². The first kappa shape index (κ1) is 24.0. The smallest absolute Gasteiger partial charge is 0.418 e. The van der Waals surface area contributed by atoms with E-state index in [0.717, 1.165) is 0 Å². The minimum absolute atomic E-state index is 0.102. The van der Waals surface area contributed by atoms with Crippen LogP contribution in [0, 0.1) is 0 Å². The third-order valence-electron chi connectivity index (χ3n) is 4.37. The first-order valence-electron chi connectivity index (χ1n) is 9.21. The average molecular weight is 446 g/mol. The van der Waals surface area contributed by atoms with E-state index in [2.05, 4.69) is 5.32 Å². The quantitative estimate of drug-likeness (QED) is 0.474. The summed E-state index contributed by atoms with van der Waals surface area (Å²) in [7, 11) is 1.44. The molecule has 2 N–H and O–H groups in total. The largest absolute Gasteiger partial charge is 0.481 e. The summed E-state index contributed by atoms with van der Waals surface area (Å²) in [5.74, 6) is -1.56. The number of aliphatic carboxylic acids is 1. The van der Waals surface area contributed by atoms with Crippen LogP contribution in [0.15, 0.2) is 42.5 Å². The van der Waals surface area contributed by atoms with Gasteiger partial charge in [-0.15, -0.1) is 0 Å². The predicted molar refractivity (Wildman–Crippen MR) is 108 cm³/mol. The molecular weight excluding hydrogens is 423 g/mol. The first-order valence-corrected chi connectivity index (χ1v) is 9.59. The van der Waals surface area contributed by atoms with Crippen molar-refractivity contribution in [2.75, 3.05) is 25.6 Å². The van der Waals surface area contributed by atoms with E-state index in [1.54, 1.807) is 24.3 Å². The van der Waals surface area contributed by atoms with Crippen molar-refractivity contribution in [3.63, 3.8) is 0 Å². The van der Waals surface area contributed by atoms with E-state index in [9.17, 15) is 18.0 Å². The standard InChI is InChI=1S/C21H23ClF3NO4/c1-3-30-20(21(23,24)25)17-9-4-13(14(12-29-2)11-19(27)28)10-18(17)26-16-7-5-15(22)6-8-16/h4-10,14,20,26H,3,11-12H2,1-2H3,(H,27,28)/t14-,20+/m0/s1. The van der Waals surface area contributed by atoms with Gasteiger partial charge >= 0.3 is 12.1 Å². The Morgan fingerprint density at radius 2 is 1.87 bits per heavy atom. The zero-order chi connectivity index (χ0) is 22.3. The van der Waals surface area contributed by atoms with Gasteiger partial charge in [-0.1, -0.05) is 23.7 Å². The fourth-order valence-electron chi connectivity index (χ4n) is 3.07. The van der Waals surface area contributed by atoms with Crippen LogP contribution in [0.25, 0.3) is 0 Å². The van der Waals surface area contributed by atoms with Crippen LogP contribution < -0.4 is 5.32 Å². The Hall–Kier alpha value is -2.29. The number of anilines is 2. The van der Waals surface area contributed by atoms with Crippen LogP contribution in [-0.4, -0.2) is 37.6 Å². The zero-order valence-electron chi connectivity index (χ0n) is 16.5. The molecular formula is C21H23ClF3NO4. The van der Waals surface area contributed by atoms with E-state index < -0.39 is 24.2 Å². The highest BCUT2D eigenvalue weighted by molar-refractivity contribution is 6.30. The molecule has 0 bridgehead atoms. The average Bonchev–Trinajstić information content (AvgIpc) is 2.67. The maximum absolute atomic E-state index is 13.6. The monoisotopic (exact) mass is 445 g/mol. The Balaban J connectivity index is 2.54. The van der Waals surface area contributed by atoms with Crippen molar-refractivity contribution < 1.29 is 32.5 Å². The summed E-state index contributed by atoms with van der Waals surface area (Å²) in [5.41, 5.74) is 1.13.